The van der Waals surface area contributed by atoms with Crippen LogP contribution in [0.15, 0.2) is 18.2 Å². The lowest BCUT2D eigenvalue weighted by Crippen LogP contribution is -2.36. The number of nitrogens with zero attached hydrogens (tertiary/aromatic N) is 1. The van der Waals surface area contributed by atoms with E-state index in [0.29, 0.717) is 0 Å². The van der Waals surface area contributed by atoms with Crippen LogP contribution < -0.4 is 0 Å². The summed E-state index contributed by atoms with van der Waals surface area (Å²) in [5, 5.41) is 17.7. The molecule has 1 unspecified atom stereocenters. The van der Waals surface area contributed by atoms with Gasteiger partial charge in [0.05, 0.1) is 13.1 Å². The van der Waals surface area contributed by atoms with E-state index in [1.807, 2.05) is 39.0 Å². The van der Waals surface area contributed by atoms with Gasteiger partial charge in [-0.1, -0.05) is 23.8 Å². The van der Waals surface area contributed by atoms with Gasteiger partial charge in [-0.2, -0.15) is 0 Å². The van der Waals surface area contributed by atoms with Gasteiger partial charge in [-0.25, -0.2) is 0 Å². The number of carbonyl (C=O) groups is 2. The Bertz CT molecular complexity index is 468. The summed E-state index contributed by atoms with van der Waals surface area (Å²) in [5.74, 6) is -2.06. The van der Waals surface area contributed by atoms with Crippen molar-refractivity contribution in [2.75, 3.05) is 13.1 Å². The summed E-state index contributed by atoms with van der Waals surface area (Å²) in [4.78, 5) is 23.1. The van der Waals surface area contributed by atoms with Crippen molar-refractivity contribution in [3.05, 3.63) is 34.9 Å². The fourth-order valence-corrected chi connectivity index (χ4v) is 2.17. The second kappa shape index (κ2) is 6.33. The molecule has 1 aromatic rings. The molecular formula is C14H19NO4. The van der Waals surface area contributed by atoms with Crippen molar-refractivity contribution in [2.24, 2.45) is 0 Å². The van der Waals surface area contributed by atoms with Crippen LogP contribution in [0.4, 0.5) is 0 Å². The summed E-state index contributed by atoms with van der Waals surface area (Å²) in [6.07, 6.45) is 0. The lowest BCUT2D eigenvalue weighted by Gasteiger charge is -2.27. The highest BCUT2D eigenvalue weighted by atomic mass is 16.4. The van der Waals surface area contributed by atoms with E-state index >= 15 is 0 Å². The molecule has 0 heterocycles. The van der Waals surface area contributed by atoms with Gasteiger partial charge in [0.15, 0.2) is 0 Å². The molecule has 0 spiro atoms. The maximum Gasteiger partial charge on any atom is 0.317 e. The molecule has 0 amide bonds. The third kappa shape index (κ3) is 4.37. The van der Waals surface area contributed by atoms with Gasteiger partial charge in [-0.3, -0.25) is 14.5 Å². The normalized spacial score (nSPS) is 12.4. The standard InChI is InChI=1S/C14H19NO4/c1-9-4-5-12(10(2)6-9)11(3)15(7-13(16)17)8-14(18)19/h4-6,11H,7-8H2,1-3H3,(H,16,17)(H,18,19). The van der Waals surface area contributed by atoms with E-state index in [1.165, 1.54) is 4.90 Å². The Kier molecular flexibility index (Phi) is 5.06. The van der Waals surface area contributed by atoms with Crippen molar-refractivity contribution in [1.29, 1.82) is 0 Å². The number of benzene rings is 1. The van der Waals surface area contributed by atoms with Crippen molar-refractivity contribution in [2.45, 2.75) is 26.8 Å². The minimum atomic E-state index is -1.03. The summed E-state index contributed by atoms with van der Waals surface area (Å²) in [6.45, 7) is 5.16. The van der Waals surface area contributed by atoms with E-state index in [4.69, 9.17) is 10.2 Å². The second-order valence-electron chi connectivity index (χ2n) is 4.73. The third-order valence-corrected chi connectivity index (χ3v) is 3.10. The van der Waals surface area contributed by atoms with Crippen molar-refractivity contribution in [1.82, 2.24) is 4.90 Å². The van der Waals surface area contributed by atoms with Gasteiger partial charge in [0.1, 0.15) is 0 Å². The van der Waals surface area contributed by atoms with Crippen LogP contribution in [0.25, 0.3) is 0 Å². The molecule has 0 radical (unpaired) electrons. The molecule has 0 aromatic heterocycles. The molecule has 5 heteroatoms. The fraction of sp³-hybridized carbons (Fsp3) is 0.429. The SMILES string of the molecule is Cc1ccc(C(C)N(CC(=O)O)CC(=O)O)c(C)c1. The highest BCUT2D eigenvalue weighted by Gasteiger charge is 2.22. The van der Waals surface area contributed by atoms with Crippen molar-refractivity contribution >= 4 is 11.9 Å². The van der Waals surface area contributed by atoms with Gasteiger partial charge in [0.25, 0.3) is 0 Å². The number of carboxylic acid groups (broad SMARTS) is 2. The second-order valence-corrected chi connectivity index (χ2v) is 4.73. The molecule has 104 valence electrons. The molecular weight excluding hydrogens is 246 g/mol. The minimum Gasteiger partial charge on any atom is -0.480 e. The molecule has 0 aliphatic heterocycles. The molecule has 1 aromatic carbocycles. The first kappa shape index (κ1) is 15.2. The first-order valence-electron chi connectivity index (χ1n) is 6.06. The predicted molar refractivity (Wildman–Crippen MR) is 71.2 cm³/mol. The van der Waals surface area contributed by atoms with Gasteiger partial charge in [-0.15, -0.1) is 0 Å². The summed E-state index contributed by atoms with van der Waals surface area (Å²) in [6, 6.07) is 5.61. The summed E-state index contributed by atoms with van der Waals surface area (Å²) in [5.41, 5.74) is 3.11. The van der Waals surface area contributed by atoms with Gasteiger partial charge < -0.3 is 10.2 Å². The lowest BCUT2D eigenvalue weighted by molar-refractivity contribution is -0.142. The molecule has 2 N–H and O–H groups in total. The predicted octanol–water partition coefficient (Wildman–Crippen LogP) is 1.84. The van der Waals surface area contributed by atoms with E-state index in [-0.39, 0.29) is 19.1 Å². The number of carboxylic acids is 2. The molecule has 5 nitrogen and oxygen atoms in total. The summed E-state index contributed by atoms with van der Waals surface area (Å²) in [7, 11) is 0. The van der Waals surface area contributed by atoms with Crippen LogP contribution in [0.2, 0.25) is 0 Å². The third-order valence-electron chi connectivity index (χ3n) is 3.10. The van der Waals surface area contributed by atoms with E-state index < -0.39 is 11.9 Å². The Morgan fingerprint density at radius 1 is 1.16 bits per heavy atom. The molecule has 0 saturated carbocycles. The van der Waals surface area contributed by atoms with Crippen LogP contribution in [0.3, 0.4) is 0 Å². The topological polar surface area (TPSA) is 77.8 Å². The zero-order valence-corrected chi connectivity index (χ0v) is 11.4. The lowest BCUT2D eigenvalue weighted by atomic mass is 9.99. The molecule has 19 heavy (non-hydrogen) atoms. The molecule has 0 aliphatic carbocycles. The van der Waals surface area contributed by atoms with E-state index in [1.54, 1.807) is 0 Å². The maximum atomic E-state index is 10.8. The zero-order valence-electron chi connectivity index (χ0n) is 11.4. The van der Waals surface area contributed by atoms with Crippen LogP contribution in [0, 0.1) is 13.8 Å². The largest absolute Gasteiger partial charge is 0.480 e. The highest BCUT2D eigenvalue weighted by Crippen LogP contribution is 2.24. The molecule has 0 fully saturated rings. The van der Waals surface area contributed by atoms with Crippen molar-refractivity contribution < 1.29 is 19.8 Å². The molecule has 1 rings (SSSR count). The number of aliphatic carboxylic acids is 2. The van der Waals surface area contributed by atoms with Crippen molar-refractivity contribution in [3.8, 4) is 0 Å². The maximum absolute atomic E-state index is 10.8. The molecule has 1 atom stereocenters. The summed E-state index contributed by atoms with van der Waals surface area (Å²) < 4.78 is 0. The average Bonchev–Trinajstić information content (AvgIpc) is 2.26. The zero-order chi connectivity index (χ0) is 14.6. The van der Waals surface area contributed by atoms with E-state index in [0.717, 1.165) is 16.7 Å². The van der Waals surface area contributed by atoms with E-state index in [2.05, 4.69) is 0 Å². The quantitative estimate of drug-likeness (QED) is 0.820. The average molecular weight is 265 g/mol. The first-order chi connectivity index (χ1) is 8.81. The Hall–Kier alpha value is -1.88. The Morgan fingerprint density at radius 3 is 2.11 bits per heavy atom. The number of rotatable bonds is 6. The van der Waals surface area contributed by atoms with Crippen molar-refractivity contribution in [3.63, 3.8) is 0 Å². The highest BCUT2D eigenvalue weighted by molar-refractivity contribution is 5.72. The van der Waals surface area contributed by atoms with Gasteiger partial charge in [0, 0.05) is 6.04 Å². The number of hydrogen-bond donors (Lipinski definition) is 2. The Balaban J connectivity index is 3.00. The number of aryl methyl sites for hydroxylation is 2. The van der Waals surface area contributed by atoms with Crippen LogP contribution in [-0.4, -0.2) is 40.1 Å². The van der Waals surface area contributed by atoms with Crippen LogP contribution in [0.5, 0.6) is 0 Å². The van der Waals surface area contributed by atoms with E-state index in [9.17, 15) is 9.59 Å². The molecule has 0 saturated heterocycles. The first-order valence-corrected chi connectivity index (χ1v) is 6.06. The molecule has 0 bridgehead atoms. The van der Waals surface area contributed by atoms with Gasteiger partial charge >= 0.3 is 11.9 Å². The Labute approximate surface area is 112 Å². The summed E-state index contributed by atoms with van der Waals surface area (Å²) >= 11 is 0. The Morgan fingerprint density at radius 2 is 1.68 bits per heavy atom. The molecule has 0 aliphatic rings. The number of hydrogen-bond acceptors (Lipinski definition) is 3. The minimum absolute atomic E-state index is 0.257. The van der Waals surface area contributed by atoms with Gasteiger partial charge in [-0.05, 0) is 31.9 Å². The van der Waals surface area contributed by atoms with Crippen LogP contribution in [0.1, 0.15) is 29.7 Å². The van der Waals surface area contributed by atoms with Crippen LogP contribution >= 0.6 is 0 Å². The smallest absolute Gasteiger partial charge is 0.317 e. The fourth-order valence-electron chi connectivity index (χ4n) is 2.17. The van der Waals surface area contributed by atoms with Gasteiger partial charge in [0.2, 0.25) is 0 Å². The monoisotopic (exact) mass is 265 g/mol. The van der Waals surface area contributed by atoms with Crippen LogP contribution in [-0.2, 0) is 9.59 Å².